The Bertz CT molecular complexity index is 1160. The molecule has 2 heterocycles. The van der Waals surface area contributed by atoms with Crippen LogP contribution in [0.1, 0.15) is 10.4 Å². The van der Waals surface area contributed by atoms with Crippen LogP contribution in [0, 0.1) is 0 Å². The van der Waals surface area contributed by atoms with E-state index in [0.29, 0.717) is 22.9 Å². The molecule has 7 heteroatoms. The number of H-pyrrole nitrogens is 1. The van der Waals surface area contributed by atoms with Gasteiger partial charge < -0.3 is 10.1 Å². The van der Waals surface area contributed by atoms with Gasteiger partial charge in [0.1, 0.15) is 11.6 Å². The topological polar surface area (TPSA) is 88.5 Å². The zero-order chi connectivity index (χ0) is 17.4. The predicted octanol–water partition coefficient (Wildman–Crippen LogP) is 2.44. The second-order valence-electron chi connectivity index (χ2n) is 5.46. The molecule has 1 amide bonds. The zero-order valence-electron chi connectivity index (χ0n) is 13.3. The van der Waals surface area contributed by atoms with E-state index in [2.05, 4.69) is 15.3 Å². The molecule has 2 aromatic carbocycles. The number of aromatic amines is 1. The van der Waals surface area contributed by atoms with Gasteiger partial charge in [0.2, 0.25) is 5.78 Å². The molecule has 0 spiro atoms. The van der Waals surface area contributed by atoms with E-state index in [1.54, 1.807) is 28.7 Å². The van der Waals surface area contributed by atoms with Gasteiger partial charge in [0, 0.05) is 11.6 Å². The van der Waals surface area contributed by atoms with Crippen molar-refractivity contribution in [2.75, 3.05) is 12.4 Å². The molecule has 0 bridgehead atoms. The van der Waals surface area contributed by atoms with Crippen LogP contribution >= 0.6 is 0 Å². The predicted molar refractivity (Wildman–Crippen MR) is 94.3 cm³/mol. The maximum Gasteiger partial charge on any atom is 0.256 e. The van der Waals surface area contributed by atoms with Crippen LogP contribution < -0.4 is 15.6 Å². The molecule has 2 aromatic heterocycles. The van der Waals surface area contributed by atoms with Crippen LogP contribution in [-0.2, 0) is 0 Å². The summed E-state index contributed by atoms with van der Waals surface area (Å²) >= 11 is 0. The Morgan fingerprint density at radius 3 is 2.84 bits per heavy atom. The summed E-state index contributed by atoms with van der Waals surface area (Å²) in [7, 11) is 1.54. The molecule has 4 rings (SSSR count). The van der Waals surface area contributed by atoms with Gasteiger partial charge in [0.15, 0.2) is 0 Å². The Labute approximate surface area is 141 Å². The van der Waals surface area contributed by atoms with Gasteiger partial charge in [-0.2, -0.15) is 0 Å². The summed E-state index contributed by atoms with van der Waals surface area (Å²) in [6.45, 7) is 0. The number of imidazole rings is 1. The lowest BCUT2D eigenvalue weighted by atomic mass is 10.2. The van der Waals surface area contributed by atoms with E-state index in [-0.39, 0.29) is 11.5 Å². The third-order valence-corrected chi connectivity index (χ3v) is 3.88. The Balaban J connectivity index is 1.83. The van der Waals surface area contributed by atoms with Crippen molar-refractivity contribution >= 4 is 28.5 Å². The summed E-state index contributed by atoms with van der Waals surface area (Å²) < 4.78 is 6.84. The molecule has 7 nitrogen and oxygen atoms in total. The molecule has 0 aliphatic heterocycles. The van der Waals surface area contributed by atoms with Crippen LogP contribution in [0.2, 0.25) is 0 Å². The van der Waals surface area contributed by atoms with Gasteiger partial charge in [-0.3, -0.25) is 19.0 Å². The number of para-hydroxylation sites is 2. The van der Waals surface area contributed by atoms with E-state index in [1.807, 2.05) is 24.3 Å². The highest BCUT2D eigenvalue weighted by Crippen LogP contribution is 2.20. The summed E-state index contributed by atoms with van der Waals surface area (Å²) in [5.41, 5.74) is 1.59. The van der Waals surface area contributed by atoms with Crippen molar-refractivity contribution in [1.29, 1.82) is 0 Å². The van der Waals surface area contributed by atoms with Crippen LogP contribution in [0.3, 0.4) is 0 Å². The summed E-state index contributed by atoms with van der Waals surface area (Å²) in [4.78, 5) is 31.6. The maximum absolute atomic E-state index is 12.6. The number of anilines is 1. The third-order valence-electron chi connectivity index (χ3n) is 3.88. The van der Waals surface area contributed by atoms with Gasteiger partial charge in [0.05, 0.1) is 18.1 Å². The highest BCUT2D eigenvalue weighted by molar-refractivity contribution is 6.04. The van der Waals surface area contributed by atoms with Crippen molar-refractivity contribution in [2.24, 2.45) is 0 Å². The molecule has 0 atom stereocenters. The van der Waals surface area contributed by atoms with E-state index in [4.69, 9.17) is 4.74 Å². The van der Waals surface area contributed by atoms with Gasteiger partial charge in [-0.05, 0) is 30.3 Å². The summed E-state index contributed by atoms with van der Waals surface area (Å²) in [6.07, 6.45) is 0. The van der Waals surface area contributed by atoms with Crippen LogP contribution in [0.5, 0.6) is 5.75 Å². The molecule has 4 aromatic rings. The van der Waals surface area contributed by atoms with E-state index in [1.165, 1.54) is 13.2 Å². The van der Waals surface area contributed by atoms with Gasteiger partial charge in [0.25, 0.3) is 11.5 Å². The SMILES string of the molecule is COc1cccc(C(=O)Nc2cc(=O)[nH]c3nc4ccccc4n23)c1. The van der Waals surface area contributed by atoms with Crippen molar-refractivity contribution < 1.29 is 9.53 Å². The zero-order valence-corrected chi connectivity index (χ0v) is 13.3. The van der Waals surface area contributed by atoms with Crippen molar-refractivity contribution in [3.63, 3.8) is 0 Å². The molecule has 0 aliphatic rings. The summed E-state index contributed by atoms with van der Waals surface area (Å²) in [5.74, 6) is 0.954. The Morgan fingerprint density at radius 2 is 2.00 bits per heavy atom. The van der Waals surface area contributed by atoms with E-state index >= 15 is 0 Å². The fraction of sp³-hybridized carbons (Fsp3) is 0.0556. The average Bonchev–Trinajstić information content (AvgIpc) is 2.99. The fourth-order valence-electron chi connectivity index (χ4n) is 2.73. The van der Waals surface area contributed by atoms with Crippen molar-refractivity contribution in [2.45, 2.75) is 0 Å². The van der Waals surface area contributed by atoms with Crippen LogP contribution in [0.25, 0.3) is 16.8 Å². The first-order chi connectivity index (χ1) is 12.2. The van der Waals surface area contributed by atoms with Gasteiger partial charge >= 0.3 is 0 Å². The average molecular weight is 334 g/mol. The Kier molecular flexibility index (Phi) is 3.46. The monoisotopic (exact) mass is 334 g/mol. The van der Waals surface area contributed by atoms with Crippen LogP contribution in [0.15, 0.2) is 59.4 Å². The molecular weight excluding hydrogens is 320 g/mol. The molecule has 124 valence electrons. The lowest BCUT2D eigenvalue weighted by molar-refractivity contribution is 0.102. The van der Waals surface area contributed by atoms with Gasteiger partial charge in [-0.25, -0.2) is 4.98 Å². The van der Waals surface area contributed by atoms with Crippen molar-refractivity contribution in [3.05, 3.63) is 70.5 Å². The van der Waals surface area contributed by atoms with E-state index < -0.39 is 0 Å². The number of carbonyl (C=O) groups is 1. The lowest BCUT2D eigenvalue weighted by Crippen LogP contribution is -2.18. The number of nitrogens with one attached hydrogen (secondary N) is 2. The molecule has 25 heavy (non-hydrogen) atoms. The molecule has 2 N–H and O–H groups in total. The number of fused-ring (bicyclic) bond motifs is 3. The fourth-order valence-corrected chi connectivity index (χ4v) is 2.73. The molecule has 0 radical (unpaired) electrons. The number of ether oxygens (including phenoxy) is 1. The van der Waals surface area contributed by atoms with E-state index in [0.717, 1.165) is 11.0 Å². The second kappa shape index (κ2) is 5.79. The lowest BCUT2D eigenvalue weighted by Gasteiger charge is -2.09. The van der Waals surface area contributed by atoms with Crippen LogP contribution in [0.4, 0.5) is 5.82 Å². The van der Waals surface area contributed by atoms with Gasteiger partial charge in [-0.15, -0.1) is 0 Å². The molecule has 0 saturated carbocycles. The summed E-state index contributed by atoms with van der Waals surface area (Å²) in [5, 5.41) is 2.78. The number of methoxy groups -OCH3 is 1. The largest absolute Gasteiger partial charge is 0.497 e. The minimum atomic E-state index is -0.344. The number of hydrogen-bond donors (Lipinski definition) is 2. The first-order valence-electron chi connectivity index (χ1n) is 7.61. The van der Waals surface area contributed by atoms with Crippen LogP contribution in [-0.4, -0.2) is 27.4 Å². The van der Waals surface area contributed by atoms with Gasteiger partial charge in [-0.1, -0.05) is 18.2 Å². The minimum absolute atomic E-state index is 0.344. The molecule has 0 unspecified atom stereocenters. The minimum Gasteiger partial charge on any atom is -0.497 e. The molecule has 0 fully saturated rings. The number of aromatic nitrogens is 3. The Hall–Kier alpha value is -3.61. The first kappa shape index (κ1) is 14.9. The molecule has 0 saturated heterocycles. The first-order valence-corrected chi connectivity index (χ1v) is 7.61. The number of hydrogen-bond acceptors (Lipinski definition) is 4. The highest BCUT2D eigenvalue weighted by Gasteiger charge is 2.13. The van der Waals surface area contributed by atoms with Crippen molar-refractivity contribution in [3.8, 4) is 5.75 Å². The summed E-state index contributed by atoms with van der Waals surface area (Å²) in [6, 6.07) is 15.6. The second-order valence-corrected chi connectivity index (χ2v) is 5.46. The molecule has 0 aliphatic carbocycles. The standard InChI is InChI=1S/C18H14N4O3/c1-25-12-6-4-5-11(9-12)17(24)20-15-10-16(23)21-18-19-13-7-2-3-8-14(13)22(15)18/h2-10H,1H3,(H,20,24)(H,19,21,23). The number of rotatable bonds is 3. The number of amides is 1. The molecular formula is C18H14N4O3. The maximum atomic E-state index is 12.6. The van der Waals surface area contributed by atoms with E-state index in [9.17, 15) is 9.59 Å². The quantitative estimate of drug-likeness (QED) is 0.602. The Morgan fingerprint density at radius 1 is 1.16 bits per heavy atom. The highest BCUT2D eigenvalue weighted by atomic mass is 16.5. The number of carbonyl (C=O) groups excluding carboxylic acids is 1. The van der Waals surface area contributed by atoms with Crippen molar-refractivity contribution in [1.82, 2.24) is 14.4 Å². The normalized spacial score (nSPS) is 10.9. The number of nitrogens with zero attached hydrogens (tertiary/aromatic N) is 2. The smallest absolute Gasteiger partial charge is 0.256 e. The number of benzene rings is 2. The third kappa shape index (κ3) is 2.61.